The Morgan fingerprint density at radius 1 is 1.08 bits per heavy atom. The fourth-order valence-electron chi connectivity index (χ4n) is 3.87. The molecule has 2 unspecified atom stereocenters. The summed E-state index contributed by atoms with van der Waals surface area (Å²) >= 11 is 0. The molecule has 36 heavy (non-hydrogen) atoms. The van der Waals surface area contributed by atoms with Crippen molar-refractivity contribution in [2.24, 2.45) is 5.73 Å². The number of nitrogens with one attached hydrogen (secondary N) is 2. The summed E-state index contributed by atoms with van der Waals surface area (Å²) in [6.07, 6.45) is 1.53. The Balaban J connectivity index is 3.48. The Bertz CT molecular complexity index is 923. The largest absolute Gasteiger partial charge is 0.444 e. The van der Waals surface area contributed by atoms with Crippen molar-refractivity contribution in [1.82, 2.24) is 15.5 Å². The van der Waals surface area contributed by atoms with Crippen LogP contribution in [0.25, 0.3) is 0 Å². The van der Waals surface area contributed by atoms with Gasteiger partial charge in [0.2, 0.25) is 17.7 Å². The van der Waals surface area contributed by atoms with E-state index in [4.69, 9.17) is 10.5 Å². The van der Waals surface area contributed by atoms with Crippen molar-refractivity contribution in [3.63, 3.8) is 0 Å². The zero-order chi connectivity index (χ0) is 27.6. The smallest absolute Gasteiger partial charge is 0.408 e. The highest BCUT2D eigenvalue weighted by Gasteiger charge is 2.38. The van der Waals surface area contributed by atoms with Crippen LogP contribution in [-0.4, -0.2) is 52.9 Å². The maximum absolute atomic E-state index is 13.9. The number of amides is 4. The molecule has 0 aliphatic heterocycles. The fraction of sp³-hybridized carbons (Fsp3) is 0.630. The van der Waals surface area contributed by atoms with E-state index in [2.05, 4.69) is 17.6 Å². The van der Waals surface area contributed by atoms with Crippen molar-refractivity contribution in [1.29, 1.82) is 0 Å². The third kappa shape index (κ3) is 9.87. The summed E-state index contributed by atoms with van der Waals surface area (Å²) < 4.78 is 5.29. The Hall–Kier alpha value is -3.10. The van der Waals surface area contributed by atoms with Gasteiger partial charge in [0.05, 0.1) is 6.42 Å². The van der Waals surface area contributed by atoms with Crippen LogP contribution in [0.2, 0.25) is 0 Å². The van der Waals surface area contributed by atoms with Crippen LogP contribution in [0.1, 0.15) is 90.0 Å². The number of carbonyl (C=O) groups is 4. The number of unbranched alkanes of at least 4 members (excludes halogenated alkanes) is 2. The third-order valence-corrected chi connectivity index (χ3v) is 5.54. The van der Waals surface area contributed by atoms with Crippen LogP contribution in [0.3, 0.4) is 0 Å². The minimum atomic E-state index is -1.29. The lowest BCUT2D eigenvalue weighted by atomic mass is 9.95. The molecule has 0 saturated heterocycles. The molecule has 0 saturated carbocycles. The molecular weight excluding hydrogens is 460 g/mol. The lowest BCUT2D eigenvalue weighted by Gasteiger charge is -2.37. The minimum absolute atomic E-state index is 0.322. The first-order valence-corrected chi connectivity index (χ1v) is 12.6. The van der Waals surface area contributed by atoms with Crippen molar-refractivity contribution < 1.29 is 23.9 Å². The zero-order valence-electron chi connectivity index (χ0n) is 23.1. The van der Waals surface area contributed by atoms with Crippen molar-refractivity contribution in [2.45, 2.75) is 105 Å². The molecular formula is C27H44N4O5. The van der Waals surface area contributed by atoms with Crippen LogP contribution in [-0.2, 0) is 19.1 Å². The van der Waals surface area contributed by atoms with E-state index in [1.54, 1.807) is 34.6 Å². The lowest BCUT2D eigenvalue weighted by molar-refractivity contribution is -0.145. The Kier molecular flexibility index (Phi) is 11.9. The van der Waals surface area contributed by atoms with Crippen molar-refractivity contribution in [2.75, 3.05) is 6.54 Å². The fourth-order valence-corrected chi connectivity index (χ4v) is 3.87. The summed E-state index contributed by atoms with van der Waals surface area (Å²) in [6, 6.07) is 3.05. The van der Waals surface area contributed by atoms with Crippen LogP contribution < -0.4 is 16.4 Å². The molecule has 0 aliphatic carbocycles. The Morgan fingerprint density at radius 2 is 1.72 bits per heavy atom. The summed E-state index contributed by atoms with van der Waals surface area (Å²) in [7, 11) is 0. The predicted molar refractivity (Wildman–Crippen MR) is 140 cm³/mol. The maximum atomic E-state index is 13.9. The molecule has 9 heteroatoms. The molecule has 0 aromatic heterocycles. The van der Waals surface area contributed by atoms with E-state index in [-0.39, 0.29) is 5.91 Å². The predicted octanol–water partition coefficient (Wildman–Crippen LogP) is 3.66. The second-order valence-electron chi connectivity index (χ2n) is 10.5. The average Bonchev–Trinajstić information content (AvgIpc) is 2.74. The quantitative estimate of drug-likeness (QED) is 0.374. The number of nitrogens with two attached hydrogens (primary N) is 1. The summed E-state index contributed by atoms with van der Waals surface area (Å²) in [6.45, 7) is 15.0. The van der Waals surface area contributed by atoms with Crippen molar-refractivity contribution in [3.8, 4) is 0 Å². The molecule has 4 amide bonds. The monoisotopic (exact) mass is 504 g/mol. The molecule has 0 bridgehead atoms. The SMILES string of the molecule is CCCCCNC(=O)C(c1cc(C)ccc1C)N(C(=O)C(CC(N)=O)NC(=O)OC(C)(C)C)C(C)C. The number of rotatable bonds is 12. The maximum Gasteiger partial charge on any atom is 0.408 e. The number of nitrogens with zero attached hydrogens (tertiary/aromatic N) is 1. The highest BCUT2D eigenvalue weighted by molar-refractivity contribution is 5.94. The zero-order valence-corrected chi connectivity index (χ0v) is 23.1. The molecule has 0 heterocycles. The second kappa shape index (κ2) is 13.8. The van der Waals surface area contributed by atoms with Gasteiger partial charge in [0.15, 0.2) is 0 Å². The van der Waals surface area contributed by atoms with Crippen LogP contribution in [0.15, 0.2) is 18.2 Å². The van der Waals surface area contributed by atoms with Gasteiger partial charge in [-0.1, -0.05) is 43.5 Å². The molecule has 1 aromatic rings. The van der Waals surface area contributed by atoms with E-state index in [1.807, 2.05) is 32.0 Å². The van der Waals surface area contributed by atoms with E-state index in [0.29, 0.717) is 12.1 Å². The van der Waals surface area contributed by atoms with Crippen LogP contribution >= 0.6 is 0 Å². The van der Waals surface area contributed by atoms with Crippen LogP contribution in [0.4, 0.5) is 4.79 Å². The average molecular weight is 505 g/mol. The number of hydrogen-bond acceptors (Lipinski definition) is 5. The van der Waals surface area contributed by atoms with Gasteiger partial charge in [-0.15, -0.1) is 0 Å². The second-order valence-corrected chi connectivity index (χ2v) is 10.5. The van der Waals surface area contributed by atoms with Gasteiger partial charge in [-0.05, 0) is 66.0 Å². The van der Waals surface area contributed by atoms with E-state index in [1.165, 1.54) is 4.90 Å². The van der Waals surface area contributed by atoms with Gasteiger partial charge in [0.1, 0.15) is 17.7 Å². The molecule has 0 aliphatic rings. The van der Waals surface area contributed by atoms with Gasteiger partial charge < -0.3 is 26.0 Å². The third-order valence-electron chi connectivity index (χ3n) is 5.54. The lowest BCUT2D eigenvalue weighted by Crippen LogP contribution is -2.56. The number of benzene rings is 1. The molecule has 4 N–H and O–H groups in total. The standard InChI is InChI=1S/C27H44N4O5/c1-9-10-11-14-29-24(33)23(20-15-18(4)12-13-19(20)5)31(17(2)3)25(34)21(16-22(28)32)30-26(35)36-27(6,7)8/h12-13,15,17,21,23H,9-11,14,16H2,1-8H3,(H2,28,32)(H,29,33)(H,30,35). The van der Waals surface area contributed by atoms with Gasteiger partial charge in [-0.2, -0.15) is 0 Å². The van der Waals surface area contributed by atoms with E-state index in [9.17, 15) is 19.2 Å². The number of primary amides is 1. The van der Waals surface area contributed by atoms with Gasteiger partial charge >= 0.3 is 6.09 Å². The van der Waals surface area contributed by atoms with Gasteiger partial charge in [-0.25, -0.2) is 4.79 Å². The van der Waals surface area contributed by atoms with Crippen molar-refractivity contribution in [3.05, 3.63) is 34.9 Å². The first-order chi connectivity index (χ1) is 16.7. The topological polar surface area (TPSA) is 131 Å². The van der Waals surface area contributed by atoms with Gasteiger partial charge in [0, 0.05) is 12.6 Å². The molecule has 0 spiro atoms. The molecule has 1 aromatic carbocycles. The minimum Gasteiger partial charge on any atom is -0.444 e. The molecule has 1 rings (SSSR count). The Morgan fingerprint density at radius 3 is 2.25 bits per heavy atom. The van der Waals surface area contributed by atoms with Gasteiger partial charge in [0.25, 0.3) is 0 Å². The first kappa shape index (κ1) is 30.9. The first-order valence-electron chi connectivity index (χ1n) is 12.6. The highest BCUT2D eigenvalue weighted by atomic mass is 16.6. The van der Waals surface area contributed by atoms with Gasteiger partial charge in [-0.3, -0.25) is 14.4 Å². The molecule has 2 atom stereocenters. The Labute approximate surface area is 215 Å². The van der Waals surface area contributed by atoms with E-state index in [0.717, 1.165) is 30.4 Å². The summed E-state index contributed by atoms with van der Waals surface area (Å²) in [5.41, 5.74) is 7.08. The summed E-state index contributed by atoms with van der Waals surface area (Å²) in [4.78, 5) is 53.2. The normalized spacial score (nSPS) is 13.0. The van der Waals surface area contributed by atoms with Crippen LogP contribution in [0, 0.1) is 13.8 Å². The molecule has 0 radical (unpaired) electrons. The molecule has 202 valence electrons. The molecule has 0 fully saturated rings. The van der Waals surface area contributed by atoms with E-state index < -0.39 is 48.1 Å². The van der Waals surface area contributed by atoms with Crippen LogP contribution in [0.5, 0.6) is 0 Å². The summed E-state index contributed by atoms with van der Waals surface area (Å²) in [5, 5.41) is 5.45. The number of ether oxygens (including phenoxy) is 1. The highest BCUT2D eigenvalue weighted by Crippen LogP contribution is 2.29. The number of alkyl carbamates (subject to hydrolysis) is 1. The number of hydrogen-bond donors (Lipinski definition) is 3. The number of aryl methyl sites for hydroxylation is 2. The number of carbonyl (C=O) groups excluding carboxylic acids is 4. The van der Waals surface area contributed by atoms with E-state index >= 15 is 0 Å². The van der Waals surface area contributed by atoms with Crippen molar-refractivity contribution >= 4 is 23.8 Å². The molecule has 9 nitrogen and oxygen atoms in total. The summed E-state index contributed by atoms with van der Waals surface area (Å²) in [5.74, 6) is -1.68.